The summed E-state index contributed by atoms with van der Waals surface area (Å²) in [6.45, 7) is 4.88. The number of halogens is 2. The van der Waals surface area contributed by atoms with Crippen LogP contribution in [0.5, 0.6) is 0 Å². The van der Waals surface area contributed by atoms with Crippen LogP contribution >= 0.6 is 0 Å². The average molecular weight is 384 g/mol. The van der Waals surface area contributed by atoms with Crippen LogP contribution in [-0.4, -0.2) is 47.2 Å². The lowest BCUT2D eigenvalue weighted by atomic mass is 10.1. The van der Waals surface area contributed by atoms with E-state index in [1.54, 1.807) is 6.07 Å². The fourth-order valence-corrected chi connectivity index (χ4v) is 3.66. The molecule has 146 valence electrons. The molecule has 7 heteroatoms. The average Bonchev–Trinajstić information content (AvgIpc) is 2.69. The van der Waals surface area contributed by atoms with Gasteiger partial charge in [0.1, 0.15) is 5.82 Å². The van der Waals surface area contributed by atoms with E-state index in [1.807, 2.05) is 12.1 Å². The normalized spacial score (nSPS) is 18.0. The van der Waals surface area contributed by atoms with Crippen molar-refractivity contribution in [1.82, 2.24) is 14.5 Å². The van der Waals surface area contributed by atoms with Crippen molar-refractivity contribution < 1.29 is 8.78 Å². The highest BCUT2D eigenvalue weighted by Gasteiger charge is 2.22. The van der Waals surface area contributed by atoms with Crippen LogP contribution in [0, 0.1) is 11.6 Å². The van der Waals surface area contributed by atoms with Crippen LogP contribution in [0.1, 0.15) is 6.92 Å². The minimum Gasteiger partial charge on any atom is -0.369 e. The van der Waals surface area contributed by atoms with Gasteiger partial charge in [0, 0.05) is 38.4 Å². The van der Waals surface area contributed by atoms with Crippen LogP contribution in [0.2, 0.25) is 0 Å². The number of fused-ring (bicyclic) bond motifs is 1. The SMILES string of the molecule is CC1CN(c2ccc3nc(-c4cccc(F)c4F)n(C)c(=O)c3c2)CCN1C. The third-order valence-corrected chi connectivity index (χ3v) is 5.58. The molecular formula is C21H22F2N4O. The van der Waals surface area contributed by atoms with Crippen molar-refractivity contribution in [3.05, 3.63) is 58.4 Å². The van der Waals surface area contributed by atoms with Crippen molar-refractivity contribution in [2.75, 3.05) is 31.6 Å². The topological polar surface area (TPSA) is 41.4 Å². The molecule has 1 atom stereocenters. The van der Waals surface area contributed by atoms with Gasteiger partial charge in [0.05, 0.1) is 16.5 Å². The second-order valence-electron chi connectivity index (χ2n) is 7.38. The van der Waals surface area contributed by atoms with Crippen LogP contribution in [0.15, 0.2) is 41.2 Å². The molecule has 0 aliphatic carbocycles. The van der Waals surface area contributed by atoms with Gasteiger partial charge in [-0.1, -0.05) is 6.07 Å². The second-order valence-corrected chi connectivity index (χ2v) is 7.38. The van der Waals surface area contributed by atoms with E-state index in [1.165, 1.54) is 23.7 Å². The van der Waals surface area contributed by atoms with E-state index >= 15 is 0 Å². The summed E-state index contributed by atoms with van der Waals surface area (Å²) in [5, 5.41) is 0.465. The van der Waals surface area contributed by atoms with Crippen molar-refractivity contribution in [2.24, 2.45) is 7.05 Å². The zero-order valence-corrected chi connectivity index (χ0v) is 16.1. The van der Waals surface area contributed by atoms with Gasteiger partial charge in [-0.3, -0.25) is 9.36 Å². The number of aromatic nitrogens is 2. The minimum absolute atomic E-state index is 0.0292. The van der Waals surface area contributed by atoms with Crippen LogP contribution in [0.3, 0.4) is 0 Å². The molecular weight excluding hydrogens is 362 g/mol. The minimum atomic E-state index is -1.01. The number of rotatable bonds is 2. The Kier molecular flexibility index (Phi) is 4.63. The zero-order valence-electron chi connectivity index (χ0n) is 16.1. The van der Waals surface area contributed by atoms with Gasteiger partial charge in [0.15, 0.2) is 11.6 Å². The Bertz CT molecular complexity index is 1110. The molecule has 0 N–H and O–H groups in total. The molecule has 0 saturated carbocycles. The van der Waals surface area contributed by atoms with Gasteiger partial charge >= 0.3 is 0 Å². The highest BCUT2D eigenvalue weighted by molar-refractivity contribution is 5.83. The summed E-state index contributed by atoms with van der Waals surface area (Å²) in [7, 11) is 3.63. The number of nitrogens with zero attached hydrogens (tertiary/aromatic N) is 4. The first-order valence-corrected chi connectivity index (χ1v) is 9.27. The number of benzene rings is 2. The molecule has 3 aromatic rings. The van der Waals surface area contributed by atoms with Crippen molar-refractivity contribution in [3.63, 3.8) is 0 Å². The molecule has 1 saturated heterocycles. The molecule has 0 spiro atoms. The monoisotopic (exact) mass is 384 g/mol. The summed E-state index contributed by atoms with van der Waals surface area (Å²) in [5.74, 6) is -1.87. The summed E-state index contributed by atoms with van der Waals surface area (Å²) in [4.78, 5) is 22.0. The van der Waals surface area contributed by atoms with Gasteiger partial charge < -0.3 is 9.80 Å². The molecule has 1 unspecified atom stereocenters. The Balaban J connectivity index is 1.81. The Morgan fingerprint density at radius 1 is 1.11 bits per heavy atom. The summed E-state index contributed by atoms with van der Waals surface area (Å²) < 4.78 is 29.1. The maximum atomic E-state index is 14.2. The molecule has 5 nitrogen and oxygen atoms in total. The van der Waals surface area contributed by atoms with Crippen LogP contribution in [0.4, 0.5) is 14.5 Å². The van der Waals surface area contributed by atoms with E-state index in [4.69, 9.17) is 0 Å². The molecule has 0 amide bonds. The van der Waals surface area contributed by atoms with Crippen molar-refractivity contribution in [3.8, 4) is 11.4 Å². The van der Waals surface area contributed by atoms with E-state index in [9.17, 15) is 13.6 Å². The van der Waals surface area contributed by atoms with Gasteiger partial charge in [-0.15, -0.1) is 0 Å². The van der Waals surface area contributed by atoms with Gasteiger partial charge in [-0.05, 0) is 44.3 Å². The third kappa shape index (κ3) is 3.05. The molecule has 1 fully saturated rings. The predicted molar refractivity (Wildman–Crippen MR) is 107 cm³/mol. The highest BCUT2D eigenvalue weighted by atomic mass is 19.2. The molecule has 0 radical (unpaired) electrons. The predicted octanol–water partition coefficient (Wildman–Crippen LogP) is 3.02. The smallest absolute Gasteiger partial charge is 0.261 e. The Labute approximate surface area is 161 Å². The lowest BCUT2D eigenvalue weighted by molar-refractivity contribution is 0.234. The lowest BCUT2D eigenvalue weighted by Gasteiger charge is -2.39. The van der Waals surface area contributed by atoms with Crippen LogP contribution in [-0.2, 0) is 7.05 Å². The Hall–Kier alpha value is -2.80. The molecule has 1 aliphatic heterocycles. The summed E-state index contributed by atoms with van der Waals surface area (Å²) in [5.41, 5.74) is 1.12. The van der Waals surface area contributed by atoms with E-state index in [0.29, 0.717) is 16.9 Å². The molecule has 28 heavy (non-hydrogen) atoms. The standard InChI is InChI=1S/C21H22F2N4O/c1-13-12-27(10-9-25(13)2)14-7-8-18-16(11-14)21(28)26(3)20(24-18)15-5-4-6-17(22)19(15)23/h4-8,11,13H,9-10,12H2,1-3H3. The molecule has 1 aromatic heterocycles. The fraction of sp³-hybridized carbons (Fsp3) is 0.333. The molecule has 4 rings (SSSR count). The van der Waals surface area contributed by atoms with Gasteiger partial charge in [-0.2, -0.15) is 0 Å². The number of hydrogen-bond acceptors (Lipinski definition) is 4. The van der Waals surface area contributed by atoms with Crippen LogP contribution in [0.25, 0.3) is 22.3 Å². The van der Waals surface area contributed by atoms with Gasteiger partial charge in [0.2, 0.25) is 0 Å². The summed E-state index contributed by atoms with van der Waals surface area (Å²) in [6, 6.07) is 9.83. The van der Waals surface area contributed by atoms with E-state index in [0.717, 1.165) is 31.4 Å². The van der Waals surface area contributed by atoms with Gasteiger partial charge in [-0.25, -0.2) is 13.8 Å². The number of piperazine rings is 1. The van der Waals surface area contributed by atoms with E-state index in [2.05, 4.69) is 28.8 Å². The van der Waals surface area contributed by atoms with Crippen LogP contribution < -0.4 is 10.5 Å². The third-order valence-electron chi connectivity index (χ3n) is 5.58. The number of likely N-dealkylation sites (N-methyl/N-ethyl adjacent to an activating group) is 1. The lowest BCUT2D eigenvalue weighted by Crippen LogP contribution is -2.50. The van der Waals surface area contributed by atoms with Crippen molar-refractivity contribution in [1.29, 1.82) is 0 Å². The zero-order chi connectivity index (χ0) is 20.0. The second kappa shape index (κ2) is 6.98. The summed E-state index contributed by atoms with van der Waals surface area (Å²) in [6.07, 6.45) is 0. The van der Waals surface area contributed by atoms with Crippen molar-refractivity contribution in [2.45, 2.75) is 13.0 Å². The summed E-state index contributed by atoms with van der Waals surface area (Å²) >= 11 is 0. The molecule has 0 bridgehead atoms. The quantitative estimate of drug-likeness (QED) is 0.681. The molecule has 2 heterocycles. The number of anilines is 1. The van der Waals surface area contributed by atoms with E-state index in [-0.39, 0.29) is 16.9 Å². The first-order chi connectivity index (χ1) is 13.4. The Morgan fingerprint density at radius 2 is 1.89 bits per heavy atom. The Morgan fingerprint density at radius 3 is 2.64 bits per heavy atom. The fourth-order valence-electron chi connectivity index (χ4n) is 3.66. The molecule has 1 aliphatic rings. The van der Waals surface area contributed by atoms with Gasteiger partial charge in [0.25, 0.3) is 5.56 Å². The van der Waals surface area contributed by atoms with E-state index < -0.39 is 11.6 Å². The molecule has 2 aromatic carbocycles. The first kappa shape index (κ1) is 18.6. The largest absolute Gasteiger partial charge is 0.369 e. The van der Waals surface area contributed by atoms with Crippen molar-refractivity contribution >= 4 is 16.6 Å². The maximum absolute atomic E-state index is 14.2. The maximum Gasteiger partial charge on any atom is 0.261 e. The number of hydrogen-bond donors (Lipinski definition) is 0. The highest BCUT2D eigenvalue weighted by Crippen LogP contribution is 2.26. The first-order valence-electron chi connectivity index (χ1n) is 9.27.